The Kier molecular flexibility index (Phi) is 4.36. The van der Waals surface area contributed by atoms with Crippen molar-refractivity contribution in [1.29, 1.82) is 0 Å². The molecule has 3 aromatic rings. The highest BCUT2D eigenvalue weighted by atomic mass is 15.1. The van der Waals surface area contributed by atoms with Gasteiger partial charge in [0.25, 0.3) is 0 Å². The lowest BCUT2D eigenvalue weighted by Crippen LogP contribution is -2.18. The topological polar surface area (TPSA) is 30.7 Å². The van der Waals surface area contributed by atoms with Gasteiger partial charge in [0.05, 0.1) is 29.1 Å². The van der Waals surface area contributed by atoms with E-state index >= 15 is 0 Å². The maximum absolute atomic E-state index is 4.85. The number of allylic oxidation sites excluding steroid dienone is 4. The van der Waals surface area contributed by atoms with Crippen LogP contribution in [0.1, 0.15) is 55.8 Å². The van der Waals surface area contributed by atoms with Crippen molar-refractivity contribution in [2.45, 2.75) is 44.6 Å². The van der Waals surface area contributed by atoms with E-state index in [0.717, 1.165) is 24.1 Å². The second-order valence-electron chi connectivity index (χ2n) is 7.77. The third-order valence-corrected chi connectivity index (χ3v) is 6.10. The molecule has 1 saturated carbocycles. The predicted octanol–water partition coefficient (Wildman–Crippen LogP) is 5.94. The average Bonchev–Trinajstić information content (AvgIpc) is 3.41. The number of hydrogen-bond donors (Lipinski definition) is 0. The lowest BCUT2D eigenvalue weighted by molar-refractivity contribution is 0.391. The van der Waals surface area contributed by atoms with Crippen molar-refractivity contribution in [3.05, 3.63) is 78.4 Å². The average molecular weight is 355 g/mol. The summed E-state index contributed by atoms with van der Waals surface area (Å²) in [5.74, 6) is 0.659. The molecule has 1 unspecified atom stereocenters. The molecule has 5 rings (SSSR count). The molecule has 0 radical (unpaired) electrons. The number of para-hydroxylation sites is 2. The maximum atomic E-state index is 4.85. The standard InChI is InChI=1S/C24H25N3/c1-2-8-18(9-3-1)21-15-14-20(16-25-21)24(19-10-4-5-11-19)27-17-26-22-12-6-7-13-23(22)27/h1-2,6-8,12-17,19,24H,3-5,9-11H2. The van der Waals surface area contributed by atoms with Gasteiger partial charge in [0, 0.05) is 6.20 Å². The van der Waals surface area contributed by atoms with E-state index in [9.17, 15) is 0 Å². The first-order chi connectivity index (χ1) is 13.4. The molecule has 0 N–H and O–H groups in total. The first-order valence-electron chi connectivity index (χ1n) is 10.1. The van der Waals surface area contributed by atoms with Crippen LogP contribution in [0.15, 0.2) is 67.2 Å². The molecule has 1 aromatic carbocycles. The minimum atomic E-state index is 0.321. The van der Waals surface area contributed by atoms with Crippen LogP contribution in [0.5, 0.6) is 0 Å². The number of fused-ring (bicyclic) bond motifs is 1. The number of pyridine rings is 1. The van der Waals surface area contributed by atoms with Gasteiger partial charge in [-0.1, -0.05) is 49.3 Å². The summed E-state index contributed by atoms with van der Waals surface area (Å²) in [7, 11) is 0. The van der Waals surface area contributed by atoms with Gasteiger partial charge < -0.3 is 4.57 Å². The van der Waals surface area contributed by atoms with Gasteiger partial charge in [-0.15, -0.1) is 0 Å². The van der Waals surface area contributed by atoms with Gasteiger partial charge in [0.15, 0.2) is 0 Å². The molecule has 0 spiro atoms. The van der Waals surface area contributed by atoms with Crippen LogP contribution in [0.3, 0.4) is 0 Å². The van der Waals surface area contributed by atoms with Gasteiger partial charge in [-0.2, -0.15) is 0 Å². The molecule has 0 saturated heterocycles. The molecule has 27 heavy (non-hydrogen) atoms. The second kappa shape index (κ2) is 7.15. The molecule has 1 atom stereocenters. The smallest absolute Gasteiger partial charge is 0.0964 e. The largest absolute Gasteiger partial charge is 0.323 e. The van der Waals surface area contributed by atoms with Crippen molar-refractivity contribution < 1.29 is 0 Å². The van der Waals surface area contributed by atoms with Crippen LogP contribution in [0.25, 0.3) is 16.6 Å². The molecule has 0 bridgehead atoms. The second-order valence-corrected chi connectivity index (χ2v) is 7.77. The minimum absolute atomic E-state index is 0.321. The molecule has 136 valence electrons. The van der Waals surface area contributed by atoms with E-state index in [-0.39, 0.29) is 0 Å². The van der Waals surface area contributed by atoms with E-state index in [2.05, 4.69) is 70.4 Å². The Bertz CT molecular complexity index is 988. The Hall–Kier alpha value is -2.68. The lowest BCUT2D eigenvalue weighted by Gasteiger charge is -2.26. The summed E-state index contributed by atoms with van der Waals surface area (Å²) in [6, 6.07) is 13.3. The number of aromatic nitrogens is 3. The number of hydrogen-bond acceptors (Lipinski definition) is 2. The Morgan fingerprint density at radius 2 is 1.89 bits per heavy atom. The Morgan fingerprint density at radius 1 is 1.00 bits per heavy atom. The van der Waals surface area contributed by atoms with Gasteiger partial charge in [0.1, 0.15) is 0 Å². The molecule has 3 heteroatoms. The van der Waals surface area contributed by atoms with Crippen LogP contribution in [0.4, 0.5) is 0 Å². The molecule has 0 aliphatic heterocycles. The molecule has 2 heterocycles. The van der Waals surface area contributed by atoms with Crippen LogP contribution in [0.2, 0.25) is 0 Å². The highest BCUT2D eigenvalue weighted by molar-refractivity contribution is 5.75. The van der Waals surface area contributed by atoms with Crippen molar-refractivity contribution in [2.75, 3.05) is 0 Å². The van der Waals surface area contributed by atoms with E-state index in [1.54, 1.807) is 0 Å². The number of nitrogens with zero attached hydrogens (tertiary/aromatic N) is 3. The Morgan fingerprint density at radius 3 is 2.67 bits per heavy atom. The van der Waals surface area contributed by atoms with Crippen molar-refractivity contribution in [3.8, 4) is 0 Å². The van der Waals surface area contributed by atoms with Crippen molar-refractivity contribution in [1.82, 2.24) is 14.5 Å². The monoisotopic (exact) mass is 355 g/mol. The highest BCUT2D eigenvalue weighted by Crippen LogP contribution is 2.39. The summed E-state index contributed by atoms with van der Waals surface area (Å²) >= 11 is 0. The zero-order chi connectivity index (χ0) is 18.1. The highest BCUT2D eigenvalue weighted by Gasteiger charge is 2.29. The number of imidazole rings is 1. The quantitative estimate of drug-likeness (QED) is 0.579. The van der Waals surface area contributed by atoms with E-state index < -0.39 is 0 Å². The minimum Gasteiger partial charge on any atom is -0.323 e. The summed E-state index contributed by atoms with van der Waals surface area (Å²) in [5.41, 5.74) is 6.06. The first-order valence-corrected chi connectivity index (χ1v) is 10.1. The summed E-state index contributed by atoms with van der Waals surface area (Å²) in [5, 5.41) is 0. The number of benzene rings is 1. The van der Waals surface area contributed by atoms with Gasteiger partial charge in [0.2, 0.25) is 0 Å². The molecule has 2 aromatic heterocycles. The van der Waals surface area contributed by atoms with Crippen LogP contribution < -0.4 is 0 Å². The molecule has 2 aliphatic rings. The van der Waals surface area contributed by atoms with Gasteiger partial charge in [-0.05, 0) is 60.9 Å². The third kappa shape index (κ3) is 3.12. The molecular formula is C24H25N3. The van der Waals surface area contributed by atoms with Crippen molar-refractivity contribution in [3.63, 3.8) is 0 Å². The summed E-state index contributed by atoms with van der Waals surface area (Å²) in [4.78, 5) is 9.50. The zero-order valence-corrected chi connectivity index (χ0v) is 15.6. The fraction of sp³-hybridized carbons (Fsp3) is 0.333. The van der Waals surface area contributed by atoms with Crippen molar-refractivity contribution in [2.24, 2.45) is 5.92 Å². The SMILES string of the molecule is C1=CCCC(c2ccc(C(C3CCCC3)n3cnc4ccccc43)cn2)=C1. The zero-order valence-electron chi connectivity index (χ0n) is 15.6. The predicted molar refractivity (Wildman–Crippen MR) is 110 cm³/mol. The normalized spacial score (nSPS) is 18.7. The lowest BCUT2D eigenvalue weighted by atomic mass is 9.91. The molecular weight excluding hydrogens is 330 g/mol. The van der Waals surface area contributed by atoms with Gasteiger partial charge in [-0.3, -0.25) is 4.98 Å². The van der Waals surface area contributed by atoms with Crippen LogP contribution in [0, 0.1) is 5.92 Å². The van der Waals surface area contributed by atoms with E-state index in [1.807, 2.05) is 6.33 Å². The molecule has 2 aliphatic carbocycles. The molecule has 0 amide bonds. The van der Waals surface area contributed by atoms with Crippen LogP contribution >= 0.6 is 0 Å². The van der Waals surface area contributed by atoms with Crippen LogP contribution in [-0.2, 0) is 0 Å². The summed E-state index contributed by atoms with van der Waals surface area (Å²) in [6.07, 6.45) is 18.1. The van der Waals surface area contributed by atoms with Crippen LogP contribution in [-0.4, -0.2) is 14.5 Å². The molecule has 1 fully saturated rings. The third-order valence-electron chi connectivity index (χ3n) is 6.10. The van der Waals surface area contributed by atoms with Gasteiger partial charge in [-0.25, -0.2) is 4.98 Å². The fourth-order valence-electron chi connectivity index (χ4n) is 4.72. The summed E-state index contributed by atoms with van der Waals surface area (Å²) < 4.78 is 2.38. The Balaban J connectivity index is 1.55. The fourth-order valence-corrected chi connectivity index (χ4v) is 4.72. The molecule has 3 nitrogen and oxygen atoms in total. The first kappa shape index (κ1) is 16.5. The number of rotatable bonds is 4. The summed E-state index contributed by atoms with van der Waals surface area (Å²) in [6.45, 7) is 0. The Labute approximate surface area is 160 Å². The van der Waals surface area contributed by atoms with Crippen molar-refractivity contribution >= 4 is 16.6 Å². The maximum Gasteiger partial charge on any atom is 0.0964 e. The van der Waals surface area contributed by atoms with E-state index in [1.165, 1.54) is 42.3 Å². The van der Waals surface area contributed by atoms with E-state index in [0.29, 0.717) is 12.0 Å². The van der Waals surface area contributed by atoms with Gasteiger partial charge >= 0.3 is 0 Å². The van der Waals surface area contributed by atoms with E-state index in [4.69, 9.17) is 4.98 Å².